The summed E-state index contributed by atoms with van der Waals surface area (Å²) in [6.07, 6.45) is 0.743. The number of anilines is 2. The highest BCUT2D eigenvalue weighted by molar-refractivity contribution is 6.03. The fourth-order valence-electron chi connectivity index (χ4n) is 2.99. The summed E-state index contributed by atoms with van der Waals surface area (Å²) in [6.45, 7) is 6.54. The highest BCUT2D eigenvalue weighted by atomic mass is 16.5. The van der Waals surface area contributed by atoms with E-state index >= 15 is 0 Å². The Morgan fingerprint density at radius 1 is 1.22 bits per heavy atom. The van der Waals surface area contributed by atoms with E-state index in [1.807, 2.05) is 32.0 Å². The monoisotopic (exact) mass is 368 g/mol. The summed E-state index contributed by atoms with van der Waals surface area (Å²) in [4.78, 5) is 26.5. The van der Waals surface area contributed by atoms with E-state index in [0.29, 0.717) is 30.2 Å². The zero-order valence-electron chi connectivity index (χ0n) is 15.8. The predicted octanol–water partition coefficient (Wildman–Crippen LogP) is 4.38. The van der Waals surface area contributed by atoms with Crippen LogP contribution in [0.25, 0.3) is 0 Å². The van der Waals surface area contributed by atoms with E-state index < -0.39 is 5.97 Å². The van der Waals surface area contributed by atoms with E-state index in [0.717, 1.165) is 17.7 Å². The first-order valence-corrected chi connectivity index (χ1v) is 9.14. The van der Waals surface area contributed by atoms with Crippen LogP contribution < -0.4 is 15.0 Å². The third-order valence-electron chi connectivity index (χ3n) is 4.41. The average molecular weight is 368 g/mol. The smallest absolute Gasteiger partial charge is 0.338 e. The fourth-order valence-corrected chi connectivity index (χ4v) is 2.99. The summed E-state index contributed by atoms with van der Waals surface area (Å²) in [5.74, 6) is 0.293. The van der Waals surface area contributed by atoms with Gasteiger partial charge in [-0.05, 0) is 56.2 Å². The molecule has 2 aromatic rings. The number of hydrogen-bond donors (Lipinski definition) is 1. The fraction of sp³-hybridized carbons (Fsp3) is 0.333. The Labute approximate surface area is 159 Å². The van der Waals surface area contributed by atoms with E-state index in [1.54, 1.807) is 36.1 Å². The second-order valence-electron chi connectivity index (χ2n) is 6.46. The van der Waals surface area contributed by atoms with Crippen molar-refractivity contribution in [3.63, 3.8) is 0 Å². The summed E-state index contributed by atoms with van der Waals surface area (Å²) < 4.78 is 11.0. The number of benzene rings is 2. The number of rotatable bonds is 4. The molecule has 2 amide bonds. The molecule has 1 aliphatic rings. The van der Waals surface area contributed by atoms with Crippen LogP contribution in [0.15, 0.2) is 42.5 Å². The van der Waals surface area contributed by atoms with Crippen LogP contribution >= 0.6 is 0 Å². The van der Waals surface area contributed by atoms with E-state index in [1.165, 1.54) is 0 Å². The summed E-state index contributed by atoms with van der Waals surface area (Å²) in [5, 5.41) is 2.88. The molecule has 0 aromatic heterocycles. The highest BCUT2D eigenvalue weighted by Crippen LogP contribution is 2.35. The zero-order valence-corrected chi connectivity index (χ0v) is 15.8. The number of carbonyl (C=O) groups is 2. The maximum atomic E-state index is 13.0. The zero-order chi connectivity index (χ0) is 19.4. The molecule has 6 heteroatoms. The summed E-state index contributed by atoms with van der Waals surface area (Å²) in [7, 11) is 0. The van der Waals surface area contributed by atoms with Gasteiger partial charge in [0, 0.05) is 5.69 Å². The third-order valence-corrected chi connectivity index (χ3v) is 4.41. The van der Waals surface area contributed by atoms with E-state index in [4.69, 9.17) is 9.47 Å². The van der Waals surface area contributed by atoms with Crippen LogP contribution in [-0.4, -0.2) is 31.3 Å². The van der Waals surface area contributed by atoms with E-state index in [-0.39, 0.29) is 12.1 Å². The Balaban J connectivity index is 1.83. The molecule has 27 heavy (non-hydrogen) atoms. The standard InChI is InChI=1S/C21H24N2O4/c1-4-17-13-23(18-11-14(3)9-10-19(18)27-17)21(25)22-16-8-6-7-15(12-16)20(24)26-5-2/h6-12,17H,4-5,13H2,1-3H3,(H,22,25). The molecule has 1 atom stereocenters. The van der Waals surface area contributed by atoms with Crippen molar-refractivity contribution >= 4 is 23.4 Å². The lowest BCUT2D eigenvalue weighted by Crippen LogP contribution is -2.45. The number of nitrogens with zero attached hydrogens (tertiary/aromatic N) is 1. The van der Waals surface area contributed by atoms with Crippen LogP contribution in [0.4, 0.5) is 16.2 Å². The van der Waals surface area contributed by atoms with Gasteiger partial charge in [-0.2, -0.15) is 0 Å². The molecule has 2 aromatic carbocycles. The molecule has 0 bridgehead atoms. The molecule has 0 saturated carbocycles. The van der Waals surface area contributed by atoms with E-state index in [9.17, 15) is 9.59 Å². The van der Waals surface area contributed by atoms with Crippen molar-refractivity contribution in [1.29, 1.82) is 0 Å². The molecular weight excluding hydrogens is 344 g/mol. The molecule has 1 N–H and O–H groups in total. The minimum Gasteiger partial charge on any atom is -0.486 e. The number of ether oxygens (including phenoxy) is 2. The Bertz CT molecular complexity index is 850. The maximum Gasteiger partial charge on any atom is 0.338 e. The Morgan fingerprint density at radius 3 is 2.78 bits per heavy atom. The van der Waals surface area contributed by atoms with Crippen molar-refractivity contribution in [3.05, 3.63) is 53.6 Å². The average Bonchev–Trinajstić information content (AvgIpc) is 2.67. The van der Waals surface area contributed by atoms with Gasteiger partial charge in [-0.15, -0.1) is 0 Å². The first-order chi connectivity index (χ1) is 13.0. The summed E-state index contributed by atoms with van der Waals surface area (Å²) >= 11 is 0. The summed E-state index contributed by atoms with van der Waals surface area (Å²) in [6, 6.07) is 12.3. The van der Waals surface area contributed by atoms with Gasteiger partial charge in [0.15, 0.2) is 0 Å². The Hall–Kier alpha value is -3.02. The quantitative estimate of drug-likeness (QED) is 0.813. The van der Waals surface area contributed by atoms with Crippen molar-refractivity contribution < 1.29 is 19.1 Å². The van der Waals surface area contributed by atoms with Crippen LogP contribution in [0.2, 0.25) is 0 Å². The first-order valence-electron chi connectivity index (χ1n) is 9.14. The van der Waals surface area contributed by atoms with Crippen LogP contribution in [0, 0.1) is 6.92 Å². The molecular formula is C21H24N2O4. The molecule has 1 aliphatic heterocycles. The first kappa shape index (κ1) is 18.8. The number of amides is 2. The van der Waals surface area contributed by atoms with Gasteiger partial charge in [-0.3, -0.25) is 4.90 Å². The minimum absolute atomic E-state index is 0.0585. The maximum absolute atomic E-state index is 13.0. The van der Waals surface area contributed by atoms with E-state index in [2.05, 4.69) is 5.32 Å². The van der Waals surface area contributed by atoms with Gasteiger partial charge in [0.1, 0.15) is 11.9 Å². The molecule has 0 spiro atoms. The van der Waals surface area contributed by atoms with Gasteiger partial charge >= 0.3 is 12.0 Å². The molecule has 0 aliphatic carbocycles. The molecule has 0 radical (unpaired) electrons. The van der Waals surface area contributed by atoms with Crippen molar-refractivity contribution in [2.24, 2.45) is 0 Å². The lowest BCUT2D eigenvalue weighted by Gasteiger charge is -2.34. The van der Waals surface area contributed by atoms with Gasteiger partial charge in [-0.1, -0.05) is 19.1 Å². The number of nitrogens with one attached hydrogen (secondary N) is 1. The number of fused-ring (bicyclic) bond motifs is 1. The lowest BCUT2D eigenvalue weighted by molar-refractivity contribution is 0.0526. The minimum atomic E-state index is -0.410. The number of esters is 1. The molecule has 1 heterocycles. The van der Waals surface area contributed by atoms with Gasteiger partial charge < -0.3 is 14.8 Å². The summed E-state index contributed by atoms with van der Waals surface area (Å²) in [5.41, 5.74) is 2.74. The molecule has 3 rings (SSSR count). The molecule has 6 nitrogen and oxygen atoms in total. The normalized spacial score (nSPS) is 15.5. The topological polar surface area (TPSA) is 67.9 Å². The van der Waals surface area contributed by atoms with Gasteiger partial charge in [-0.25, -0.2) is 9.59 Å². The molecule has 0 saturated heterocycles. The third kappa shape index (κ3) is 4.22. The number of aryl methyl sites for hydroxylation is 1. The number of hydrogen-bond acceptors (Lipinski definition) is 4. The molecule has 142 valence electrons. The van der Waals surface area contributed by atoms with Gasteiger partial charge in [0.25, 0.3) is 0 Å². The van der Waals surface area contributed by atoms with Gasteiger partial charge in [0.2, 0.25) is 0 Å². The lowest BCUT2D eigenvalue weighted by atomic mass is 10.1. The highest BCUT2D eigenvalue weighted by Gasteiger charge is 2.29. The molecule has 1 unspecified atom stereocenters. The van der Waals surface area contributed by atoms with Crippen LogP contribution in [0.1, 0.15) is 36.2 Å². The van der Waals surface area contributed by atoms with Crippen molar-refractivity contribution in [2.45, 2.75) is 33.3 Å². The molecule has 0 fully saturated rings. The Morgan fingerprint density at radius 2 is 2.04 bits per heavy atom. The number of urea groups is 1. The second kappa shape index (κ2) is 8.12. The second-order valence-corrected chi connectivity index (χ2v) is 6.46. The van der Waals surface area contributed by atoms with Crippen molar-refractivity contribution in [3.8, 4) is 5.75 Å². The largest absolute Gasteiger partial charge is 0.486 e. The van der Waals surface area contributed by atoms with Gasteiger partial charge in [0.05, 0.1) is 24.4 Å². The van der Waals surface area contributed by atoms with Crippen LogP contribution in [0.3, 0.4) is 0 Å². The Kier molecular flexibility index (Phi) is 5.64. The van der Waals surface area contributed by atoms with Crippen molar-refractivity contribution in [1.82, 2.24) is 0 Å². The SMILES string of the molecule is CCOC(=O)c1cccc(NC(=O)N2CC(CC)Oc3ccc(C)cc32)c1. The van der Waals surface area contributed by atoms with Crippen molar-refractivity contribution in [2.75, 3.05) is 23.4 Å². The van der Waals surface area contributed by atoms with Crippen LogP contribution in [-0.2, 0) is 4.74 Å². The van der Waals surface area contributed by atoms with Crippen LogP contribution in [0.5, 0.6) is 5.75 Å². The number of carbonyl (C=O) groups excluding carboxylic acids is 2. The predicted molar refractivity (Wildman–Crippen MR) is 105 cm³/mol.